The third kappa shape index (κ3) is 4.47. The lowest BCUT2D eigenvalue weighted by Gasteiger charge is -2.36. The molecule has 0 saturated carbocycles. The number of nitrogens with one attached hydrogen (secondary N) is 1. The minimum atomic E-state index is -0.238. The van der Waals surface area contributed by atoms with E-state index in [-0.39, 0.29) is 11.4 Å². The van der Waals surface area contributed by atoms with Gasteiger partial charge in [-0.2, -0.15) is 0 Å². The number of imidazole rings is 1. The molecule has 0 unspecified atom stereocenters. The van der Waals surface area contributed by atoms with E-state index in [1.54, 1.807) is 0 Å². The third-order valence-corrected chi connectivity index (χ3v) is 5.10. The van der Waals surface area contributed by atoms with Gasteiger partial charge >= 0.3 is 0 Å². The monoisotopic (exact) mass is 367 g/mol. The zero-order chi connectivity index (χ0) is 18.7. The van der Waals surface area contributed by atoms with E-state index in [0.29, 0.717) is 12.3 Å². The lowest BCUT2D eigenvalue weighted by atomic mass is 10.0. The van der Waals surface area contributed by atoms with Gasteiger partial charge in [0.1, 0.15) is 0 Å². The van der Waals surface area contributed by atoms with Crippen LogP contribution in [0.1, 0.15) is 31.9 Å². The standard InChI is InChI=1S/C21H25N3OS/c1-15-10-11-17-18(12-15)23-20(22-17)26-14-19(25)24(21(2,3)4)13-16-8-6-5-7-9-16/h5-12H,13-14H2,1-4H3,(H,22,23). The highest BCUT2D eigenvalue weighted by atomic mass is 32.2. The topological polar surface area (TPSA) is 49.0 Å². The summed E-state index contributed by atoms with van der Waals surface area (Å²) in [5.74, 6) is 0.478. The second-order valence-corrected chi connectivity index (χ2v) is 8.45. The van der Waals surface area contributed by atoms with Crippen molar-refractivity contribution in [1.29, 1.82) is 0 Å². The number of amides is 1. The van der Waals surface area contributed by atoms with Crippen LogP contribution in [-0.2, 0) is 11.3 Å². The summed E-state index contributed by atoms with van der Waals surface area (Å²) in [5.41, 5.74) is 4.04. The summed E-state index contributed by atoms with van der Waals surface area (Å²) in [6.07, 6.45) is 0. The smallest absolute Gasteiger partial charge is 0.233 e. The number of hydrogen-bond acceptors (Lipinski definition) is 3. The Labute approximate surface area is 159 Å². The molecule has 1 N–H and O–H groups in total. The Morgan fingerprint density at radius 2 is 1.88 bits per heavy atom. The Morgan fingerprint density at radius 1 is 1.15 bits per heavy atom. The fourth-order valence-corrected chi connectivity index (χ4v) is 3.60. The van der Waals surface area contributed by atoms with Crippen LogP contribution < -0.4 is 0 Å². The molecule has 4 nitrogen and oxygen atoms in total. The number of aryl methyl sites for hydroxylation is 1. The second-order valence-electron chi connectivity index (χ2n) is 7.49. The number of rotatable bonds is 5. The van der Waals surface area contributed by atoms with Crippen LogP contribution in [0.5, 0.6) is 0 Å². The highest BCUT2D eigenvalue weighted by Gasteiger charge is 2.26. The number of hydrogen-bond donors (Lipinski definition) is 1. The van der Waals surface area contributed by atoms with Gasteiger partial charge in [0, 0.05) is 12.1 Å². The van der Waals surface area contributed by atoms with Crippen molar-refractivity contribution >= 4 is 28.7 Å². The lowest BCUT2D eigenvalue weighted by molar-refractivity contribution is -0.133. The molecule has 0 spiro atoms. The van der Waals surface area contributed by atoms with Gasteiger partial charge in [-0.3, -0.25) is 4.79 Å². The molecule has 0 bridgehead atoms. The van der Waals surface area contributed by atoms with Crippen LogP contribution in [0.3, 0.4) is 0 Å². The number of H-pyrrole nitrogens is 1. The molecule has 0 fully saturated rings. The van der Waals surface area contributed by atoms with Crippen LogP contribution in [0.2, 0.25) is 0 Å². The lowest BCUT2D eigenvalue weighted by Crippen LogP contribution is -2.45. The predicted molar refractivity (Wildman–Crippen MR) is 108 cm³/mol. The Balaban J connectivity index is 1.70. The van der Waals surface area contributed by atoms with Crippen molar-refractivity contribution in [3.8, 4) is 0 Å². The Kier molecular flexibility index (Phi) is 5.37. The molecule has 0 aliphatic carbocycles. The van der Waals surface area contributed by atoms with Crippen LogP contribution in [0, 0.1) is 6.92 Å². The van der Waals surface area contributed by atoms with E-state index in [1.165, 1.54) is 17.3 Å². The molecule has 0 radical (unpaired) electrons. The second kappa shape index (κ2) is 7.54. The molecular formula is C21H25N3OS. The number of aromatic nitrogens is 2. The molecule has 0 aliphatic heterocycles. The van der Waals surface area contributed by atoms with Crippen LogP contribution >= 0.6 is 11.8 Å². The van der Waals surface area contributed by atoms with Crippen LogP contribution in [-0.4, -0.2) is 32.1 Å². The van der Waals surface area contributed by atoms with E-state index >= 15 is 0 Å². The minimum Gasteiger partial charge on any atom is -0.333 e. The fourth-order valence-electron chi connectivity index (χ4n) is 2.84. The first-order valence-corrected chi connectivity index (χ1v) is 9.75. The highest BCUT2D eigenvalue weighted by Crippen LogP contribution is 2.23. The summed E-state index contributed by atoms with van der Waals surface area (Å²) in [7, 11) is 0. The predicted octanol–water partition coefficient (Wildman–Crippen LogP) is 4.79. The van der Waals surface area contributed by atoms with Crippen LogP contribution in [0.25, 0.3) is 11.0 Å². The normalized spacial score (nSPS) is 11.7. The number of carbonyl (C=O) groups excluding carboxylic acids is 1. The number of benzene rings is 2. The van der Waals surface area contributed by atoms with Gasteiger partial charge in [0.2, 0.25) is 5.91 Å². The first-order chi connectivity index (χ1) is 12.3. The van der Waals surface area contributed by atoms with Crippen molar-refractivity contribution in [1.82, 2.24) is 14.9 Å². The van der Waals surface area contributed by atoms with Gasteiger partial charge in [0.15, 0.2) is 5.16 Å². The number of fused-ring (bicyclic) bond motifs is 1. The highest BCUT2D eigenvalue weighted by molar-refractivity contribution is 7.99. The minimum absolute atomic E-state index is 0.114. The summed E-state index contributed by atoms with van der Waals surface area (Å²) >= 11 is 1.46. The van der Waals surface area contributed by atoms with E-state index in [2.05, 4.69) is 55.9 Å². The zero-order valence-electron chi connectivity index (χ0n) is 15.7. The summed E-state index contributed by atoms with van der Waals surface area (Å²) in [5, 5.41) is 0.785. The Hall–Kier alpha value is -2.27. The molecule has 1 aromatic heterocycles. The molecule has 0 saturated heterocycles. The van der Waals surface area contributed by atoms with Gasteiger partial charge in [-0.25, -0.2) is 4.98 Å². The molecule has 136 valence electrons. The molecule has 1 heterocycles. The van der Waals surface area contributed by atoms with E-state index in [9.17, 15) is 4.79 Å². The molecule has 0 atom stereocenters. The van der Waals surface area contributed by atoms with Gasteiger partial charge in [-0.05, 0) is 51.0 Å². The Bertz CT molecular complexity index is 897. The number of thioether (sulfide) groups is 1. The first kappa shape index (κ1) is 18.5. The van der Waals surface area contributed by atoms with Gasteiger partial charge in [0.05, 0.1) is 16.8 Å². The maximum absolute atomic E-state index is 12.9. The molecular weight excluding hydrogens is 342 g/mol. The van der Waals surface area contributed by atoms with Crippen molar-refractivity contribution in [2.24, 2.45) is 0 Å². The molecule has 3 rings (SSSR count). The molecule has 3 aromatic rings. The Morgan fingerprint density at radius 3 is 2.58 bits per heavy atom. The first-order valence-electron chi connectivity index (χ1n) is 8.76. The van der Waals surface area contributed by atoms with Gasteiger partial charge < -0.3 is 9.88 Å². The van der Waals surface area contributed by atoms with Gasteiger partial charge in [-0.1, -0.05) is 48.2 Å². The molecule has 5 heteroatoms. The van der Waals surface area contributed by atoms with Crippen molar-refractivity contribution in [3.05, 3.63) is 59.7 Å². The third-order valence-electron chi connectivity index (χ3n) is 4.24. The van der Waals surface area contributed by atoms with Crippen molar-refractivity contribution in [2.75, 3.05) is 5.75 Å². The number of nitrogens with zero attached hydrogens (tertiary/aromatic N) is 2. The van der Waals surface area contributed by atoms with E-state index in [4.69, 9.17) is 0 Å². The van der Waals surface area contributed by atoms with E-state index < -0.39 is 0 Å². The quantitative estimate of drug-likeness (QED) is 0.660. The summed E-state index contributed by atoms with van der Waals surface area (Å²) in [4.78, 5) is 22.7. The molecule has 2 aromatic carbocycles. The van der Waals surface area contributed by atoms with Crippen molar-refractivity contribution in [2.45, 2.75) is 44.9 Å². The van der Waals surface area contributed by atoms with Crippen molar-refractivity contribution < 1.29 is 4.79 Å². The van der Waals surface area contributed by atoms with E-state index in [1.807, 2.05) is 35.2 Å². The maximum atomic E-state index is 12.9. The summed E-state index contributed by atoms with van der Waals surface area (Å²) in [6.45, 7) is 8.89. The average Bonchev–Trinajstić information content (AvgIpc) is 2.99. The van der Waals surface area contributed by atoms with Crippen molar-refractivity contribution in [3.63, 3.8) is 0 Å². The van der Waals surface area contributed by atoms with Crippen LogP contribution in [0.4, 0.5) is 0 Å². The zero-order valence-corrected chi connectivity index (χ0v) is 16.6. The summed E-state index contributed by atoms with van der Waals surface area (Å²) in [6, 6.07) is 16.2. The van der Waals surface area contributed by atoms with E-state index in [0.717, 1.165) is 21.8 Å². The van der Waals surface area contributed by atoms with Crippen LogP contribution in [0.15, 0.2) is 53.7 Å². The fraction of sp³-hybridized carbons (Fsp3) is 0.333. The summed E-state index contributed by atoms with van der Waals surface area (Å²) < 4.78 is 0. The number of carbonyl (C=O) groups is 1. The largest absolute Gasteiger partial charge is 0.333 e. The molecule has 0 aliphatic rings. The molecule has 26 heavy (non-hydrogen) atoms. The maximum Gasteiger partial charge on any atom is 0.233 e. The van der Waals surface area contributed by atoms with Gasteiger partial charge in [-0.15, -0.1) is 0 Å². The average molecular weight is 368 g/mol. The van der Waals surface area contributed by atoms with Gasteiger partial charge in [0.25, 0.3) is 0 Å². The number of aromatic amines is 1. The molecule has 1 amide bonds. The SMILES string of the molecule is Cc1ccc2nc(SCC(=O)N(Cc3ccccc3)C(C)(C)C)[nH]c2c1.